The summed E-state index contributed by atoms with van der Waals surface area (Å²) in [6.45, 7) is 23.6. The zero-order valence-corrected chi connectivity index (χ0v) is 36.9. The number of ketones is 1. The minimum atomic E-state index is -0.337. The molecule has 0 saturated heterocycles. The second-order valence-corrected chi connectivity index (χ2v) is 17.5. The Balaban J connectivity index is 0.000000299. The van der Waals surface area contributed by atoms with E-state index in [1.807, 2.05) is 52.9 Å². The number of aliphatic hydroxyl groups is 1. The van der Waals surface area contributed by atoms with Crippen LogP contribution in [0.1, 0.15) is 113 Å². The quantitative estimate of drug-likeness (QED) is 0.0846. The molecule has 0 aliphatic rings. The molecule has 5 heteroatoms. The first-order valence-corrected chi connectivity index (χ1v) is 20.1. The van der Waals surface area contributed by atoms with Crippen LogP contribution in [0.25, 0.3) is 53.1 Å². The monoisotopic (exact) mass is 905 g/mol. The molecule has 6 rings (SSSR count). The van der Waals surface area contributed by atoms with Gasteiger partial charge in [0.25, 0.3) is 0 Å². The molecule has 0 fully saturated rings. The molecule has 2 aromatic heterocycles. The van der Waals surface area contributed by atoms with E-state index < -0.39 is 0 Å². The van der Waals surface area contributed by atoms with E-state index in [1.54, 1.807) is 0 Å². The number of allylic oxidation sites excluding steroid dienone is 2. The molecule has 1 radical (unpaired) electrons. The molecule has 53 heavy (non-hydrogen) atoms. The summed E-state index contributed by atoms with van der Waals surface area (Å²) in [4.78, 5) is 17.4. The van der Waals surface area contributed by atoms with Gasteiger partial charge in [-0.3, -0.25) is 9.78 Å². The number of fused-ring (bicyclic) bond motifs is 6. The molecule has 283 valence electrons. The molecule has 0 saturated carbocycles. The number of aliphatic hydroxyl groups excluding tert-OH is 1. The van der Waals surface area contributed by atoms with Crippen molar-refractivity contribution in [1.82, 2.24) is 4.98 Å². The first-order chi connectivity index (χ1) is 24.6. The Morgan fingerprint density at radius 3 is 1.98 bits per heavy atom. The molecule has 0 aliphatic carbocycles. The number of benzene rings is 4. The molecule has 6 aromatic rings. The van der Waals surface area contributed by atoms with Gasteiger partial charge in [-0.25, -0.2) is 0 Å². The number of carbonyl (C=O) groups is 1. The van der Waals surface area contributed by atoms with Crippen molar-refractivity contribution in [3.05, 3.63) is 102 Å². The summed E-state index contributed by atoms with van der Waals surface area (Å²) in [7, 11) is 0. The van der Waals surface area contributed by atoms with Crippen LogP contribution >= 0.6 is 11.3 Å². The van der Waals surface area contributed by atoms with E-state index in [-0.39, 0.29) is 47.9 Å². The van der Waals surface area contributed by atoms with Crippen molar-refractivity contribution in [2.24, 2.45) is 16.7 Å². The Morgan fingerprint density at radius 1 is 0.792 bits per heavy atom. The van der Waals surface area contributed by atoms with Gasteiger partial charge in [0.2, 0.25) is 0 Å². The number of pyridine rings is 1. The van der Waals surface area contributed by atoms with Crippen LogP contribution in [0.3, 0.4) is 0 Å². The van der Waals surface area contributed by atoms with Gasteiger partial charge < -0.3 is 5.11 Å². The van der Waals surface area contributed by atoms with Crippen molar-refractivity contribution in [3.8, 4) is 11.3 Å². The average Bonchev–Trinajstić information content (AvgIpc) is 3.54. The number of carbonyl (C=O) groups excluding carboxylic acids is 1. The summed E-state index contributed by atoms with van der Waals surface area (Å²) in [6.07, 6.45) is 5.84. The maximum absolute atomic E-state index is 12.2. The number of hydrogen-bond donors (Lipinski definition) is 1. The van der Waals surface area contributed by atoms with Gasteiger partial charge in [0, 0.05) is 68.3 Å². The molecule has 0 unspecified atom stereocenters. The van der Waals surface area contributed by atoms with Crippen LogP contribution in [0.2, 0.25) is 0 Å². The predicted octanol–water partition coefficient (Wildman–Crippen LogP) is 14.4. The number of aromatic nitrogens is 1. The van der Waals surface area contributed by atoms with E-state index in [1.165, 1.54) is 48.1 Å². The van der Waals surface area contributed by atoms with Crippen LogP contribution < -0.4 is 0 Å². The number of para-hydroxylation sites is 1. The zero-order chi connectivity index (χ0) is 38.0. The fourth-order valence-electron chi connectivity index (χ4n) is 7.01. The number of thiophene rings is 1. The third-order valence-corrected chi connectivity index (χ3v) is 12.8. The minimum Gasteiger partial charge on any atom is -0.512 e. The van der Waals surface area contributed by atoms with E-state index in [0.717, 1.165) is 54.3 Å². The molecule has 0 atom stereocenters. The first kappa shape index (κ1) is 42.4. The summed E-state index contributed by atoms with van der Waals surface area (Å²) in [5, 5.41) is 16.5. The summed E-state index contributed by atoms with van der Waals surface area (Å²) in [6, 6.07) is 30.1. The van der Waals surface area contributed by atoms with E-state index in [2.05, 4.69) is 113 Å². The van der Waals surface area contributed by atoms with Crippen LogP contribution in [-0.4, -0.2) is 15.9 Å². The third-order valence-electron chi connectivity index (χ3n) is 11.5. The Kier molecular flexibility index (Phi) is 13.6. The van der Waals surface area contributed by atoms with E-state index in [4.69, 9.17) is 4.98 Å². The number of nitrogens with zero attached hydrogens (tertiary/aromatic N) is 1. The molecule has 0 bridgehead atoms. The number of hydrogen-bond acceptors (Lipinski definition) is 4. The van der Waals surface area contributed by atoms with Gasteiger partial charge in [0.15, 0.2) is 5.78 Å². The van der Waals surface area contributed by atoms with Crippen LogP contribution in [0.5, 0.6) is 0 Å². The van der Waals surface area contributed by atoms with Gasteiger partial charge in [0.05, 0.1) is 5.52 Å². The first-order valence-electron chi connectivity index (χ1n) is 19.2. The Labute approximate surface area is 335 Å². The van der Waals surface area contributed by atoms with Crippen LogP contribution in [0.4, 0.5) is 0 Å². The van der Waals surface area contributed by atoms with Gasteiger partial charge in [-0.2, -0.15) is 0 Å². The van der Waals surface area contributed by atoms with Crippen molar-refractivity contribution >= 4 is 59.0 Å². The van der Waals surface area contributed by atoms with Crippen molar-refractivity contribution in [2.75, 3.05) is 0 Å². The minimum absolute atomic E-state index is 0. The molecule has 0 aliphatic heterocycles. The fourth-order valence-corrected chi connectivity index (χ4v) is 8.35. The number of rotatable bonds is 10. The van der Waals surface area contributed by atoms with Gasteiger partial charge in [0.1, 0.15) is 5.76 Å². The van der Waals surface area contributed by atoms with E-state index >= 15 is 0 Å². The fraction of sp³-hybridized carbons (Fsp3) is 0.417. The van der Waals surface area contributed by atoms with Crippen LogP contribution in [0.15, 0.2) is 84.6 Å². The maximum atomic E-state index is 12.2. The second-order valence-electron chi connectivity index (χ2n) is 16.5. The summed E-state index contributed by atoms with van der Waals surface area (Å²) in [5.74, 6) is 0.900. The molecule has 0 spiro atoms. The SMILES string of the molecule is CC(C)Cc1cccc2c1sc1c(-c3[c-]c4ccccc4c(C(C)(C)C)c3)nc3ccccc3c12.CCC(C)(CC)C(=O)/C=C(\O)C(C)(CC)CC.[Ir]. The Morgan fingerprint density at radius 2 is 1.38 bits per heavy atom. The molecular weight excluding hydrogens is 847 g/mol. The van der Waals surface area contributed by atoms with Crippen molar-refractivity contribution in [2.45, 2.75) is 114 Å². The van der Waals surface area contributed by atoms with Crippen molar-refractivity contribution < 1.29 is 30.0 Å². The summed E-state index contributed by atoms with van der Waals surface area (Å²) < 4.78 is 2.66. The Bertz CT molecular complexity index is 2250. The van der Waals surface area contributed by atoms with Gasteiger partial charge in [-0.05, 0) is 55.1 Å². The standard InChI is InChI=1S/C33H30NS.C15H28O2.Ir/c1-20(2)17-22-12-10-15-26-29-25-14-8-9-16-28(25)34-30(32(29)35-31(22)26)23-18-21-11-6-7-13-24(21)27(19-23)33(3,4)5;1-7-14(5,8-2)12(16)11-13(17)15(6,9-3)10-4;/h6-16,19-20H,17H2,1-5H3;11,16H,7-10H2,1-6H3;/q-1;;/b;12-11-;. The molecule has 0 amide bonds. The predicted molar refractivity (Wildman–Crippen MR) is 227 cm³/mol. The molecule has 3 nitrogen and oxygen atoms in total. The maximum Gasteiger partial charge on any atom is 0.164 e. The molecule has 4 aromatic carbocycles. The second kappa shape index (κ2) is 17.0. The largest absolute Gasteiger partial charge is 0.512 e. The van der Waals surface area contributed by atoms with E-state index in [0.29, 0.717) is 5.92 Å². The van der Waals surface area contributed by atoms with Crippen LogP contribution in [-0.2, 0) is 36.7 Å². The molecular formula is C48H58IrNO2S-. The van der Waals surface area contributed by atoms with Gasteiger partial charge >= 0.3 is 0 Å². The summed E-state index contributed by atoms with van der Waals surface area (Å²) in [5.41, 5.74) is 5.37. The topological polar surface area (TPSA) is 50.2 Å². The third kappa shape index (κ3) is 8.64. The van der Waals surface area contributed by atoms with Crippen molar-refractivity contribution in [3.63, 3.8) is 0 Å². The van der Waals surface area contributed by atoms with E-state index in [9.17, 15) is 9.90 Å². The van der Waals surface area contributed by atoms with Gasteiger partial charge in [-0.1, -0.05) is 142 Å². The van der Waals surface area contributed by atoms with Crippen LogP contribution in [0, 0.1) is 22.8 Å². The normalized spacial score (nSPS) is 12.7. The molecule has 2 heterocycles. The summed E-state index contributed by atoms with van der Waals surface area (Å²) >= 11 is 1.90. The van der Waals surface area contributed by atoms with Crippen molar-refractivity contribution in [1.29, 1.82) is 0 Å². The average molecular weight is 905 g/mol. The zero-order valence-electron chi connectivity index (χ0n) is 33.7. The Hall–Kier alpha value is -3.37. The van der Waals surface area contributed by atoms with Gasteiger partial charge in [-0.15, -0.1) is 40.5 Å². The smallest absolute Gasteiger partial charge is 0.164 e. The molecule has 1 N–H and O–H groups in total.